The Morgan fingerprint density at radius 1 is 1.20 bits per heavy atom. The molecule has 0 aliphatic carbocycles. The SMILES string of the molecule is COc1ccccc1N(CCC(N)=O)C(=O)CSc1ncc(-c2ccc(F)cc2)o1. The Morgan fingerprint density at radius 3 is 2.63 bits per heavy atom. The van der Waals surface area contributed by atoms with Crippen molar-refractivity contribution in [1.82, 2.24) is 4.98 Å². The number of anilines is 1. The van der Waals surface area contributed by atoms with Crippen LogP contribution in [0.1, 0.15) is 6.42 Å². The molecule has 0 radical (unpaired) electrons. The number of amides is 2. The molecule has 0 aliphatic heterocycles. The molecule has 1 aromatic heterocycles. The number of carbonyl (C=O) groups excluding carboxylic acids is 2. The molecule has 156 valence electrons. The molecule has 0 fully saturated rings. The fourth-order valence-electron chi connectivity index (χ4n) is 2.73. The van der Waals surface area contributed by atoms with Crippen LogP contribution < -0.4 is 15.4 Å². The normalized spacial score (nSPS) is 10.6. The highest BCUT2D eigenvalue weighted by Gasteiger charge is 2.21. The average molecular weight is 429 g/mol. The van der Waals surface area contributed by atoms with Crippen molar-refractivity contribution in [2.75, 3.05) is 24.3 Å². The number of para-hydroxylation sites is 2. The lowest BCUT2D eigenvalue weighted by Gasteiger charge is -2.24. The van der Waals surface area contributed by atoms with E-state index in [4.69, 9.17) is 14.9 Å². The Bertz CT molecular complexity index is 1020. The molecule has 0 saturated carbocycles. The average Bonchev–Trinajstić information content (AvgIpc) is 3.22. The summed E-state index contributed by atoms with van der Waals surface area (Å²) in [6, 6.07) is 12.9. The summed E-state index contributed by atoms with van der Waals surface area (Å²) >= 11 is 1.12. The van der Waals surface area contributed by atoms with Crippen LogP contribution in [0.3, 0.4) is 0 Å². The third-order valence-electron chi connectivity index (χ3n) is 4.19. The molecule has 0 aliphatic rings. The number of methoxy groups -OCH3 is 1. The predicted octanol–water partition coefficient (Wildman–Crippen LogP) is 3.49. The number of rotatable bonds is 9. The van der Waals surface area contributed by atoms with Crippen molar-refractivity contribution < 1.29 is 23.1 Å². The van der Waals surface area contributed by atoms with Crippen LogP contribution in [0.2, 0.25) is 0 Å². The van der Waals surface area contributed by atoms with E-state index in [0.29, 0.717) is 28.0 Å². The molecule has 9 heteroatoms. The quantitative estimate of drug-likeness (QED) is 0.523. The first kappa shape index (κ1) is 21.4. The summed E-state index contributed by atoms with van der Waals surface area (Å²) in [5.41, 5.74) is 6.49. The third kappa shape index (κ3) is 5.38. The van der Waals surface area contributed by atoms with E-state index in [1.54, 1.807) is 36.4 Å². The number of benzene rings is 2. The van der Waals surface area contributed by atoms with Crippen molar-refractivity contribution in [3.8, 4) is 17.1 Å². The Kier molecular flexibility index (Phi) is 7.08. The number of primary amides is 1. The van der Waals surface area contributed by atoms with Gasteiger partial charge < -0.3 is 19.8 Å². The second-order valence-electron chi connectivity index (χ2n) is 6.22. The first-order valence-corrected chi connectivity index (χ1v) is 10.0. The van der Waals surface area contributed by atoms with Gasteiger partial charge in [-0.2, -0.15) is 0 Å². The summed E-state index contributed by atoms with van der Waals surface area (Å²) in [5.74, 6) is -0.0966. The van der Waals surface area contributed by atoms with E-state index in [1.165, 1.54) is 30.3 Å². The van der Waals surface area contributed by atoms with Crippen molar-refractivity contribution in [2.24, 2.45) is 5.73 Å². The molecular weight excluding hydrogens is 409 g/mol. The van der Waals surface area contributed by atoms with Crippen molar-refractivity contribution in [2.45, 2.75) is 11.6 Å². The maximum atomic E-state index is 13.1. The van der Waals surface area contributed by atoms with Gasteiger partial charge in [-0.3, -0.25) is 9.59 Å². The maximum Gasteiger partial charge on any atom is 0.256 e. The second-order valence-corrected chi connectivity index (χ2v) is 7.15. The molecule has 3 rings (SSSR count). The number of hydrogen-bond donors (Lipinski definition) is 1. The zero-order valence-corrected chi connectivity index (χ0v) is 17.0. The summed E-state index contributed by atoms with van der Waals surface area (Å²) in [4.78, 5) is 29.8. The molecule has 0 saturated heterocycles. The molecule has 1 heterocycles. The van der Waals surface area contributed by atoms with E-state index in [9.17, 15) is 14.0 Å². The molecule has 0 unspecified atom stereocenters. The number of ether oxygens (including phenoxy) is 1. The van der Waals surface area contributed by atoms with Gasteiger partial charge in [-0.1, -0.05) is 23.9 Å². The van der Waals surface area contributed by atoms with Crippen molar-refractivity contribution >= 4 is 29.3 Å². The summed E-state index contributed by atoms with van der Waals surface area (Å²) in [6.45, 7) is 0.127. The van der Waals surface area contributed by atoms with Gasteiger partial charge in [0.2, 0.25) is 11.8 Å². The zero-order valence-electron chi connectivity index (χ0n) is 16.2. The van der Waals surface area contributed by atoms with Crippen molar-refractivity contribution in [1.29, 1.82) is 0 Å². The number of nitrogens with two attached hydrogens (primary N) is 1. The molecule has 3 aromatic rings. The van der Waals surface area contributed by atoms with Gasteiger partial charge in [-0.15, -0.1) is 0 Å². The number of thioether (sulfide) groups is 1. The third-order valence-corrected chi connectivity index (χ3v) is 5.02. The minimum absolute atomic E-state index is 0.0160. The second kappa shape index (κ2) is 9.93. The van der Waals surface area contributed by atoms with Gasteiger partial charge in [-0.25, -0.2) is 9.37 Å². The first-order valence-electron chi connectivity index (χ1n) is 9.04. The van der Waals surface area contributed by atoms with E-state index >= 15 is 0 Å². The van der Waals surface area contributed by atoms with E-state index in [0.717, 1.165) is 11.8 Å². The van der Waals surface area contributed by atoms with Crippen LogP contribution in [0.15, 0.2) is 64.4 Å². The Hall–Kier alpha value is -3.33. The topological polar surface area (TPSA) is 98.7 Å². The zero-order chi connectivity index (χ0) is 21.5. The lowest BCUT2D eigenvalue weighted by Crippen LogP contribution is -2.35. The summed E-state index contributed by atoms with van der Waals surface area (Å²) in [6.07, 6.45) is 1.54. The van der Waals surface area contributed by atoms with Gasteiger partial charge in [-0.05, 0) is 36.4 Å². The van der Waals surface area contributed by atoms with Crippen molar-refractivity contribution in [3.63, 3.8) is 0 Å². The number of aromatic nitrogens is 1. The van der Waals surface area contributed by atoms with Crippen LogP contribution in [-0.4, -0.2) is 36.2 Å². The van der Waals surface area contributed by atoms with Gasteiger partial charge in [0.15, 0.2) is 5.76 Å². The number of halogens is 1. The lowest BCUT2D eigenvalue weighted by molar-refractivity contribution is -0.118. The molecular formula is C21H20FN3O4S. The molecule has 30 heavy (non-hydrogen) atoms. The number of nitrogens with zero attached hydrogens (tertiary/aromatic N) is 2. The van der Waals surface area contributed by atoms with Gasteiger partial charge in [0.05, 0.1) is 24.7 Å². The summed E-state index contributed by atoms with van der Waals surface area (Å²) < 4.78 is 24.1. The molecule has 0 bridgehead atoms. The molecule has 2 N–H and O–H groups in total. The van der Waals surface area contributed by atoms with E-state index < -0.39 is 5.91 Å². The molecule has 0 atom stereocenters. The summed E-state index contributed by atoms with van der Waals surface area (Å²) in [7, 11) is 1.51. The minimum atomic E-state index is -0.507. The smallest absolute Gasteiger partial charge is 0.256 e. The molecule has 0 spiro atoms. The fourth-order valence-corrected chi connectivity index (χ4v) is 3.41. The Labute approximate surface area is 177 Å². The maximum absolute atomic E-state index is 13.1. The monoisotopic (exact) mass is 429 g/mol. The van der Waals surface area contributed by atoms with Crippen LogP contribution in [0.5, 0.6) is 5.75 Å². The number of oxazole rings is 1. The van der Waals surface area contributed by atoms with Crippen LogP contribution in [0.4, 0.5) is 10.1 Å². The standard InChI is InChI=1S/C21H20FN3O4S/c1-28-17-5-3-2-4-16(17)25(11-10-19(23)26)20(27)13-30-21-24-12-18(29-21)14-6-8-15(22)9-7-14/h2-9,12H,10-11,13H2,1H3,(H2,23,26). The van der Waals surface area contributed by atoms with E-state index in [1.807, 2.05) is 0 Å². The van der Waals surface area contributed by atoms with Crippen molar-refractivity contribution in [3.05, 3.63) is 60.5 Å². The lowest BCUT2D eigenvalue weighted by atomic mass is 10.2. The van der Waals surface area contributed by atoms with E-state index in [-0.39, 0.29) is 30.4 Å². The number of carbonyl (C=O) groups is 2. The first-order chi connectivity index (χ1) is 14.5. The molecule has 7 nitrogen and oxygen atoms in total. The Balaban J connectivity index is 1.71. The van der Waals surface area contributed by atoms with Gasteiger partial charge in [0, 0.05) is 18.5 Å². The van der Waals surface area contributed by atoms with Gasteiger partial charge in [0.1, 0.15) is 11.6 Å². The molecule has 2 amide bonds. The minimum Gasteiger partial charge on any atom is -0.495 e. The summed E-state index contributed by atoms with van der Waals surface area (Å²) in [5, 5.41) is 0.303. The fraction of sp³-hybridized carbons (Fsp3) is 0.190. The van der Waals surface area contributed by atoms with Crippen LogP contribution in [-0.2, 0) is 9.59 Å². The van der Waals surface area contributed by atoms with Crippen LogP contribution in [0.25, 0.3) is 11.3 Å². The number of hydrogen-bond acceptors (Lipinski definition) is 6. The van der Waals surface area contributed by atoms with Gasteiger partial charge >= 0.3 is 0 Å². The van der Waals surface area contributed by atoms with E-state index in [2.05, 4.69) is 4.98 Å². The van der Waals surface area contributed by atoms with Gasteiger partial charge in [0.25, 0.3) is 5.22 Å². The highest BCUT2D eigenvalue weighted by Crippen LogP contribution is 2.30. The molecule has 2 aromatic carbocycles. The largest absolute Gasteiger partial charge is 0.495 e. The Morgan fingerprint density at radius 2 is 1.93 bits per heavy atom. The van der Waals surface area contributed by atoms with Crippen LogP contribution >= 0.6 is 11.8 Å². The van der Waals surface area contributed by atoms with Crippen LogP contribution in [0, 0.1) is 5.82 Å². The highest BCUT2D eigenvalue weighted by atomic mass is 32.2. The predicted molar refractivity (Wildman–Crippen MR) is 112 cm³/mol. The highest BCUT2D eigenvalue weighted by molar-refractivity contribution is 7.99.